The van der Waals surface area contributed by atoms with Crippen LogP contribution in [0.3, 0.4) is 0 Å². The fourth-order valence-electron chi connectivity index (χ4n) is 3.53. The summed E-state index contributed by atoms with van der Waals surface area (Å²) in [6, 6.07) is 0. The van der Waals surface area contributed by atoms with Gasteiger partial charge in [0.2, 0.25) is 6.54 Å². The largest absolute Gasteiger partial charge is 0.481 e. The van der Waals surface area contributed by atoms with E-state index in [0.717, 1.165) is 12.8 Å². The molecule has 0 saturated heterocycles. The Morgan fingerprint density at radius 1 is 1.71 bits per heavy atom. The Bertz CT molecular complexity index is 372. The van der Waals surface area contributed by atoms with Crippen LogP contribution in [0.2, 0.25) is 0 Å². The molecule has 0 amide bonds. The molecule has 0 aliphatic heterocycles. The first kappa shape index (κ1) is 12.1. The Morgan fingerprint density at radius 2 is 2.41 bits per heavy atom. The molecular weight excluding hydrogens is 222 g/mol. The molecule has 1 N–H and O–H groups in total. The number of rotatable bonds is 5. The van der Waals surface area contributed by atoms with E-state index in [1.165, 1.54) is 5.57 Å². The molecule has 3 atom stereocenters. The summed E-state index contributed by atoms with van der Waals surface area (Å²) in [7, 11) is 0. The van der Waals surface area contributed by atoms with Crippen molar-refractivity contribution in [3.8, 4) is 0 Å². The molecule has 1 fully saturated rings. The van der Waals surface area contributed by atoms with E-state index in [4.69, 9.17) is 5.11 Å². The van der Waals surface area contributed by atoms with Crippen molar-refractivity contribution in [1.82, 2.24) is 0 Å². The number of fused-ring (bicyclic) bond motifs is 1. The van der Waals surface area contributed by atoms with Gasteiger partial charge in [0.15, 0.2) is 0 Å². The summed E-state index contributed by atoms with van der Waals surface area (Å²) in [6.45, 7) is 1.86. The highest BCUT2D eigenvalue weighted by molar-refractivity contribution is 5.68. The molecule has 0 bridgehead atoms. The van der Waals surface area contributed by atoms with Gasteiger partial charge in [-0.2, -0.15) is 0 Å². The van der Waals surface area contributed by atoms with Crippen molar-refractivity contribution in [1.29, 1.82) is 0 Å². The third kappa shape index (κ3) is 2.06. The van der Waals surface area contributed by atoms with Crippen LogP contribution in [0.25, 0.3) is 0 Å². The van der Waals surface area contributed by atoms with Crippen LogP contribution < -0.4 is 0 Å². The van der Waals surface area contributed by atoms with Gasteiger partial charge in [0.05, 0.1) is 11.8 Å². The van der Waals surface area contributed by atoms with E-state index in [1.807, 2.05) is 0 Å². The summed E-state index contributed by atoms with van der Waals surface area (Å²) in [5, 5.41) is 19.6. The average molecular weight is 239 g/mol. The molecule has 94 valence electrons. The summed E-state index contributed by atoms with van der Waals surface area (Å²) < 4.78 is 0. The highest BCUT2D eigenvalue weighted by atomic mass is 16.6. The Kier molecular flexibility index (Phi) is 2.93. The van der Waals surface area contributed by atoms with E-state index >= 15 is 0 Å². The van der Waals surface area contributed by atoms with E-state index in [0.29, 0.717) is 12.3 Å². The zero-order valence-corrected chi connectivity index (χ0v) is 9.89. The van der Waals surface area contributed by atoms with Gasteiger partial charge in [0.1, 0.15) is 0 Å². The second-order valence-corrected chi connectivity index (χ2v) is 5.30. The van der Waals surface area contributed by atoms with Crippen molar-refractivity contribution in [2.24, 2.45) is 17.3 Å². The number of carbonyl (C=O) groups is 1. The molecule has 17 heavy (non-hydrogen) atoms. The summed E-state index contributed by atoms with van der Waals surface area (Å²) >= 11 is 0. The van der Waals surface area contributed by atoms with Gasteiger partial charge in [-0.05, 0) is 31.1 Å². The number of hydrogen-bond acceptors (Lipinski definition) is 3. The molecule has 5 nitrogen and oxygen atoms in total. The number of nitro groups is 1. The van der Waals surface area contributed by atoms with E-state index in [2.05, 4.69) is 13.0 Å². The number of carboxylic acid groups (broad SMARTS) is 1. The zero-order valence-electron chi connectivity index (χ0n) is 9.89. The van der Waals surface area contributed by atoms with E-state index in [9.17, 15) is 14.9 Å². The molecule has 0 spiro atoms. The van der Waals surface area contributed by atoms with E-state index in [1.54, 1.807) is 0 Å². The fourth-order valence-corrected chi connectivity index (χ4v) is 3.53. The normalized spacial score (nSPS) is 34.8. The molecule has 0 aromatic carbocycles. The molecule has 2 aliphatic carbocycles. The van der Waals surface area contributed by atoms with Crippen molar-refractivity contribution in [3.63, 3.8) is 0 Å². The molecule has 2 aliphatic rings. The first-order chi connectivity index (χ1) is 7.97. The highest BCUT2D eigenvalue weighted by Gasteiger charge is 2.58. The first-order valence-corrected chi connectivity index (χ1v) is 6.00. The SMILES string of the molecule is CCC1=C[C@H]2[C@@H](C1)C[C@@]2(CC(=O)O)C[N+](=O)[O-]. The fraction of sp³-hybridized carbons (Fsp3) is 0.750. The summed E-state index contributed by atoms with van der Waals surface area (Å²) in [6.07, 6.45) is 4.67. The molecule has 5 heteroatoms. The van der Waals surface area contributed by atoms with Crippen LogP contribution in [0.15, 0.2) is 11.6 Å². The van der Waals surface area contributed by atoms with Crippen LogP contribution >= 0.6 is 0 Å². The molecule has 2 rings (SSSR count). The Morgan fingerprint density at radius 3 is 2.94 bits per heavy atom. The molecule has 1 saturated carbocycles. The predicted octanol–water partition coefficient (Wildman–Crippen LogP) is 2.10. The van der Waals surface area contributed by atoms with E-state index < -0.39 is 11.4 Å². The van der Waals surface area contributed by atoms with Gasteiger partial charge in [0.25, 0.3) is 0 Å². The molecular formula is C12H17NO4. The lowest BCUT2D eigenvalue weighted by Gasteiger charge is -2.48. The molecule has 0 aromatic rings. The van der Waals surface area contributed by atoms with Crippen molar-refractivity contribution >= 4 is 5.97 Å². The number of carboxylic acids is 1. The van der Waals surface area contributed by atoms with Crippen LogP contribution in [0, 0.1) is 27.4 Å². The minimum Gasteiger partial charge on any atom is -0.481 e. The lowest BCUT2D eigenvalue weighted by Crippen LogP contribution is -2.50. The molecule has 0 radical (unpaired) electrons. The second kappa shape index (κ2) is 4.13. The maximum Gasteiger partial charge on any atom is 0.304 e. The van der Waals surface area contributed by atoms with Crippen LogP contribution in [0.5, 0.6) is 0 Å². The van der Waals surface area contributed by atoms with Crippen LogP contribution in [-0.4, -0.2) is 22.5 Å². The van der Waals surface area contributed by atoms with Crippen LogP contribution in [0.4, 0.5) is 0 Å². The van der Waals surface area contributed by atoms with Gasteiger partial charge in [0, 0.05) is 4.92 Å². The standard InChI is InChI=1S/C12H17NO4/c1-2-8-3-9-5-12(6-11(14)15,7-13(16)17)10(9)4-8/h4,9-10H,2-3,5-7H2,1H3,(H,14,15)/t9-,10-,12+/m0/s1. The number of nitrogens with zero attached hydrogens (tertiary/aromatic N) is 1. The van der Waals surface area contributed by atoms with Gasteiger partial charge in [-0.15, -0.1) is 0 Å². The number of hydrogen-bond donors (Lipinski definition) is 1. The molecule has 0 heterocycles. The average Bonchev–Trinajstić information content (AvgIpc) is 2.54. The van der Waals surface area contributed by atoms with Crippen LogP contribution in [0.1, 0.15) is 32.6 Å². The number of aliphatic carboxylic acids is 1. The Hall–Kier alpha value is -1.39. The smallest absolute Gasteiger partial charge is 0.304 e. The molecule has 0 unspecified atom stereocenters. The monoisotopic (exact) mass is 239 g/mol. The maximum atomic E-state index is 10.9. The predicted molar refractivity (Wildman–Crippen MR) is 61.1 cm³/mol. The summed E-state index contributed by atoms with van der Waals surface area (Å²) in [5.74, 6) is -0.369. The third-order valence-electron chi connectivity index (χ3n) is 4.22. The Labute approximate surface area is 99.7 Å². The van der Waals surface area contributed by atoms with Crippen molar-refractivity contribution in [2.75, 3.05) is 6.54 Å². The minimum absolute atomic E-state index is 0.0807. The zero-order chi connectivity index (χ0) is 12.6. The summed E-state index contributed by atoms with van der Waals surface area (Å²) in [4.78, 5) is 21.2. The lowest BCUT2D eigenvalue weighted by molar-refractivity contribution is -0.505. The van der Waals surface area contributed by atoms with Gasteiger partial charge in [-0.1, -0.05) is 18.6 Å². The quantitative estimate of drug-likeness (QED) is 0.452. The van der Waals surface area contributed by atoms with Gasteiger partial charge in [-0.25, -0.2) is 0 Å². The first-order valence-electron chi connectivity index (χ1n) is 6.00. The third-order valence-corrected chi connectivity index (χ3v) is 4.22. The Balaban J connectivity index is 2.17. The number of allylic oxidation sites excluding steroid dienone is 2. The lowest BCUT2D eigenvalue weighted by atomic mass is 9.53. The topological polar surface area (TPSA) is 80.4 Å². The van der Waals surface area contributed by atoms with Crippen molar-refractivity contribution < 1.29 is 14.8 Å². The van der Waals surface area contributed by atoms with Gasteiger partial charge >= 0.3 is 5.97 Å². The van der Waals surface area contributed by atoms with E-state index in [-0.39, 0.29) is 23.8 Å². The minimum atomic E-state index is -0.927. The van der Waals surface area contributed by atoms with Crippen molar-refractivity contribution in [3.05, 3.63) is 21.8 Å². The molecule has 0 aromatic heterocycles. The maximum absolute atomic E-state index is 10.9. The second-order valence-electron chi connectivity index (χ2n) is 5.30. The highest BCUT2D eigenvalue weighted by Crippen LogP contribution is 2.60. The summed E-state index contributed by atoms with van der Waals surface area (Å²) in [5.41, 5.74) is 0.701. The van der Waals surface area contributed by atoms with Gasteiger partial charge < -0.3 is 5.11 Å². The van der Waals surface area contributed by atoms with Crippen LogP contribution in [-0.2, 0) is 4.79 Å². The van der Waals surface area contributed by atoms with Gasteiger partial charge in [-0.3, -0.25) is 14.9 Å². The van der Waals surface area contributed by atoms with Crippen molar-refractivity contribution in [2.45, 2.75) is 32.6 Å².